The molecule has 1 spiro atoms. The van der Waals surface area contributed by atoms with Gasteiger partial charge in [-0.1, -0.05) is 188 Å². The van der Waals surface area contributed by atoms with E-state index in [1.807, 2.05) is 6.07 Å². The average molecular weight is 818 g/mol. The average Bonchev–Trinajstić information content (AvgIpc) is 3.85. The third-order valence-electron chi connectivity index (χ3n) is 13.3. The van der Waals surface area contributed by atoms with Crippen molar-refractivity contribution in [3.8, 4) is 78.6 Å². The van der Waals surface area contributed by atoms with Crippen LogP contribution in [0.4, 0.5) is 17.1 Å². The Morgan fingerprint density at radius 3 is 1.48 bits per heavy atom. The minimum Gasteiger partial charge on any atom is -0.449 e. The van der Waals surface area contributed by atoms with Gasteiger partial charge in [-0.15, -0.1) is 0 Å². The van der Waals surface area contributed by atoms with Crippen molar-refractivity contribution in [3.63, 3.8) is 0 Å². The van der Waals surface area contributed by atoms with E-state index in [1.54, 1.807) is 0 Å². The van der Waals surface area contributed by atoms with E-state index in [0.29, 0.717) is 17.2 Å². The van der Waals surface area contributed by atoms with E-state index in [-0.39, 0.29) is 0 Å². The van der Waals surface area contributed by atoms with E-state index in [9.17, 15) is 0 Å². The second-order valence-electron chi connectivity index (χ2n) is 16.8. The van der Waals surface area contributed by atoms with Crippen LogP contribution >= 0.6 is 0 Å². The Balaban J connectivity index is 0.981. The Bertz CT molecular complexity index is 3400. The van der Waals surface area contributed by atoms with E-state index in [4.69, 9.17) is 9.47 Å². The molecule has 3 aliphatic rings. The van der Waals surface area contributed by atoms with Crippen LogP contribution in [-0.4, -0.2) is 0 Å². The van der Waals surface area contributed by atoms with Gasteiger partial charge in [0, 0.05) is 16.9 Å². The smallest absolute Gasteiger partial charge is 0.194 e. The fourth-order valence-electron chi connectivity index (χ4n) is 10.6. The summed E-state index contributed by atoms with van der Waals surface area (Å²) in [5, 5.41) is 0. The predicted octanol–water partition coefficient (Wildman–Crippen LogP) is 16.4. The zero-order valence-corrected chi connectivity index (χ0v) is 34.8. The van der Waals surface area contributed by atoms with Crippen molar-refractivity contribution in [2.75, 3.05) is 4.90 Å². The minimum absolute atomic E-state index is 0.498. The first-order valence-corrected chi connectivity index (χ1v) is 21.9. The lowest BCUT2D eigenvalue weighted by Crippen LogP contribution is -2.25. The van der Waals surface area contributed by atoms with Gasteiger partial charge in [-0.25, -0.2) is 0 Å². The van der Waals surface area contributed by atoms with Gasteiger partial charge in [0.2, 0.25) is 0 Å². The van der Waals surface area contributed by atoms with Crippen LogP contribution in [0.2, 0.25) is 0 Å². The third kappa shape index (κ3) is 5.41. The highest BCUT2D eigenvalue weighted by Crippen LogP contribution is 2.67. The van der Waals surface area contributed by atoms with Gasteiger partial charge in [0.1, 0.15) is 0 Å². The van der Waals surface area contributed by atoms with Crippen LogP contribution in [0.5, 0.6) is 23.0 Å². The molecule has 2 aliphatic carbocycles. The topological polar surface area (TPSA) is 21.7 Å². The highest BCUT2D eigenvalue weighted by molar-refractivity contribution is 5.98. The molecule has 10 aromatic rings. The van der Waals surface area contributed by atoms with Crippen molar-refractivity contribution in [1.29, 1.82) is 0 Å². The van der Waals surface area contributed by atoms with Gasteiger partial charge >= 0.3 is 0 Å². The zero-order valence-electron chi connectivity index (χ0n) is 34.8. The van der Waals surface area contributed by atoms with Crippen molar-refractivity contribution < 1.29 is 9.47 Å². The first-order valence-electron chi connectivity index (χ1n) is 21.9. The lowest BCUT2D eigenvalue weighted by atomic mass is 9.70. The van der Waals surface area contributed by atoms with Crippen molar-refractivity contribution in [2.45, 2.75) is 5.41 Å². The van der Waals surface area contributed by atoms with Crippen LogP contribution in [0, 0.1) is 0 Å². The molecule has 0 amide bonds. The quantitative estimate of drug-likeness (QED) is 0.167. The fourth-order valence-corrected chi connectivity index (χ4v) is 10.6. The van der Waals surface area contributed by atoms with E-state index >= 15 is 0 Å². The molecular formula is C61H39NO2. The van der Waals surface area contributed by atoms with Gasteiger partial charge in [0.05, 0.1) is 11.1 Å². The molecule has 0 fully saturated rings. The summed E-state index contributed by atoms with van der Waals surface area (Å²) in [5.41, 5.74) is 19.1. The number of para-hydroxylation sites is 1. The molecule has 0 N–H and O–H groups in total. The Morgan fingerprint density at radius 1 is 0.297 bits per heavy atom. The monoisotopic (exact) mass is 817 g/mol. The van der Waals surface area contributed by atoms with Gasteiger partial charge in [-0.05, 0) is 121 Å². The van der Waals surface area contributed by atoms with E-state index in [2.05, 4.69) is 235 Å². The zero-order chi connectivity index (χ0) is 42.2. The Morgan fingerprint density at radius 2 is 0.797 bits per heavy atom. The second-order valence-corrected chi connectivity index (χ2v) is 16.8. The molecule has 64 heavy (non-hydrogen) atoms. The summed E-state index contributed by atoms with van der Waals surface area (Å²) >= 11 is 0. The summed E-state index contributed by atoms with van der Waals surface area (Å²) in [6, 6.07) is 84.7. The summed E-state index contributed by atoms with van der Waals surface area (Å²) in [5.74, 6) is 2.76. The van der Waals surface area contributed by atoms with Gasteiger partial charge in [0.15, 0.2) is 23.0 Å². The van der Waals surface area contributed by atoms with Crippen LogP contribution < -0.4 is 14.4 Å². The maximum atomic E-state index is 7.42. The molecule has 10 aromatic carbocycles. The number of rotatable bonds is 6. The fraction of sp³-hybridized carbons (Fsp3) is 0.0164. The Labute approximate surface area is 372 Å². The number of ether oxygens (including phenoxy) is 2. The molecule has 0 saturated heterocycles. The van der Waals surface area contributed by atoms with Crippen LogP contribution in [-0.2, 0) is 5.41 Å². The minimum atomic E-state index is -0.498. The summed E-state index contributed by atoms with van der Waals surface area (Å²) in [4.78, 5) is 2.30. The number of hydrogen-bond donors (Lipinski definition) is 0. The lowest BCUT2D eigenvalue weighted by molar-refractivity contribution is 0.361. The SMILES string of the molecule is c1ccc(-c2ccc(N(c3cccc(-c4cccc(-c5ccccc5)c4)c3)c3cccc4c3Oc3c(ccc5c3-c3ccccc3C53c5ccccc5-c5ccccc53)O4)cc2)cc1. The van der Waals surface area contributed by atoms with Gasteiger partial charge in [0.25, 0.3) is 0 Å². The molecule has 0 aromatic heterocycles. The largest absolute Gasteiger partial charge is 0.449 e. The lowest BCUT2D eigenvalue weighted by Gasteiger charge is -2.32. The van der Waals surface area contributed by atoms with Crippen molar-refractivity contribution in [1.82, 2.24) is 0 Å². The van der Waals surface area contributed by atoms with Crippen molar-refractivity contribution in [2.24, 2.45) is 0 Å². The maximum Gasteiger partial charge on any atom is 0.194 e. The van der Waals surface area contributed by atoms with Crippen LogP contribution in [0.1, 0.15) is 22.3 Å². The summed E-state index contributed by atoms with van der Waals surface area (Å²) in [7, 11) is 0. The van der Waals surface area contributed by atoms with Crippen molar-refractivity contribution in [3.05, 3.63) is 259 Å². The molecule has 300 valence electrons. The van der Waals surface area contributed by atoms with E-state index < -0.39 is 5.41 Å². The van der Waals surface area contributed by atoms with Crippen LogP contribution in [0.3, 0.4) is 0 Å². The first-order chi connectivity index (χ1) is 31.7. The van der Waals surface area contributed by atoms with Crippen LogP contribution in [0.25, 0.3) is 55.6 Å². The molecule has 13 rings (SSSR count). The molecule has 0 radical (unpaired) electrons. The molecule has 0 atom stereocenters. The molecular weight excluding hydrogens is 779 g/mol. The molecule has 0 saturated carbocycles. The van der Waals surface area contributed by atoms with Gasteiger partial charge in [-0.3, -0.25) is 0 Å². The highest BCUT2D eigenvalue weighted by Gasteiger charge is 2.53. The normalized spacial score (nSPS) is 13.1. The van der Waals surface area contributed by atoms with Crippen molar-refractivity contribution >= 4 is 17.1 Å². The Hall–Kier alpha value is -8.40. The molecule has 1 heterocycles. The number of nitrogens with zero attached hydrogens (tertiary/aromatic N) is 1. The number of hydrogen-bond acceptors (Lipinski definition) is 3. The Kier molecular flexibility index (Phi) is 8.13. The summed E-state index contributed by atoms with van der Waals surface area (Å²) in [6.45, 7) is 0. The number of anilines is 3. The first kappa shape index (κ1) is 36.3. The molecule has 0 bridgehead atoms. The predicted molar refractivity (Wildman–Crippen MR) is 260 cm³/mol. The standard InChI is InChI=1S/C61H39NO2/c1-3-16-40(17-4-1)42-32-34-46(35-33-42)62(47-23-14-22-45(39-47)44-21-13-20-43(38-44)41-18-5-2-6-19-41)55-30-15-31-56-59(55)64-60-57(63-56)37-36-54-58(60)50-26-9-12-29-53(50)61(54)51-27-10-7-24-48(51)49-25-8-11-28-52(49)61/h1-39H. The number of benzene rings is 10. The highest BCUT2D eigenvalue weighted by atomic mass is 16.6. The maximum absolute atomic E-state index is 7.42. The van der Waals surface area contributed by atoms with E-state index in [0.717, 1.165) is 50.6 Å². The van der Waals surface area contributed by atoms with Gasteiger partial charge in [-0.2, -0.15) is 0 Å². The third-order valence-corrected chi connectivity index (χ3v) is 13.3. The summed E-state index contributed by atoms with van der Waals surface area (Å²) < 4.78 is 14.4. The summed E-state index contributed by atoms with van der Waals surface area (Å²) in [6.07, 6.45) is 0. The van der Waals surface area contributed by atoms with E-state index in [1.165, 1.54) is 50.1 Å². The van der Waals surface area contributed by atoms with Gasteiger partial charge < -0.3 is 14.4 Å². The second kappa shape index (κ2) is 14.3. The molecule has 3 heteroatoms. The van der Waals surface area contributed by atoms with Crippen LogP contribution in [0.15, 0.2) is 237 Å². The molecule has 0 unspecified atom stereocenters. The molecule has 3 nitrogen and oxygen atoms in total. The number of fused-ring (bicyclic) bond motifs is 13. The molecule has 1 aliphatic heterocycles.